The number of carbonyl (C=O) groups is 1. The molecule has 3 rings (SSSR count). The first kappa shape index (κ1) is 26.6. The Balaban J connectivity index is 1.83. The van der Waals surface area contributed by atoms with E-state index < -0.39 is 23.3 Å². The summed E-state index contributed by atoms with van der Waals surface area (Å²) in [6.07, 6.45) is 3.71. The molecule has 0 saturated heterocycles. The quantitative estimate of drug-likeness (QED) is 0.366. The summed E-state index contributed by atoms with van der Waals surface area (Å²) >= 11 is 6.21. The van der Waals surface area contributed by atoms with Crippen LogP contribution in [-0.4, -0.2) is 56.0 Å². The molecule has 0 spiro atoms. The van der Waals surface area contributed by atoms with Crippen molar-refractivity contribution in [1.29, 1.82) is 5.26 Å². The molecule has 1 aliphatic carbocycles. The lowest BCUT2D eigenvalue weighted by Crippen LogP contribution is -2.42. The second-order valence-corrected chi connectivity index (χ2v) is 10.1. The first-order valence-corrected chi connectivity index (χ1v) is 11.7. The molecule has 1 aliphatic rings. The summed E-state index contributed by atoms with van der Waals surface area (Å²) in [4.78, 5) is 21.3. The van der Waals surface area contributed by atoms with Crippen molar-refractivity contribution in [2.75, 3.05) is 17.2 Å². The molecule has 0 radical (unpaired) electrons. The van der Waals surface area contributed by atoms with Gasteiger partial charge in [-0.3, -0.25) is 4.79 Å². The molecule has 0 bridgehead atoms. The van der Waals surface area contributed by atoms with E-state index in [4.69, 9.17) is 16.9 Å². The molecule has 0 aliphatic heterocycles. The van der Waals surface area contributed by atoms with Gasteiger partial charge in [0.05, 0.1) is 39.6 Å². The lowest BCUT2D eigenvalue weighted by atomic mass is 9.83. The number of aliphatic hydroxyl groups is 2. The van der Waals surface area contributed by atoms with E-state index in [1.807, 2.05) is 6.07 Å². The number of carbonyl (C=O) groups excluding carboxylic acids is 1. The minimum Gasteiger partial charge on any atom is -0.390 e. The van der Waals surface area contributed by atoms with E-state index in [2.05, 4.69) is 25.9 Å². The van der Waals surface area contributed by atoms with E-state index in [9.17, 15) is 19.4 Å². The van der Waals surface area contributed by atoms with Crippen molar-refractivity contribution < 1.29 is 19.4 Å². The van der Waals surface area contributed by atoms with Gasteiger partial charge in [-0.25, -0.2) is 14.4 Å². The van der Waals surface area contributed by atoms with Gasteiger partial charge in [0.25, 0.3) is 5.91 Å². The number of hydrogen-bond donors (Lipinski definition) is 5. The zero-order chi connectivity index (χ0) is 25.8. The van der Waals surface area contributed by atoms with Gasteiger partial charge in [-0.15, -0.1) is 0 Å². The Bertz CT molecular complexity index is 1110. The van der Waals surface area contributed by atoms with Crippen LogP contribution in [0, 0.1) is 11.3 Å². The van der Waals surface area contributed by atoms with Crippen LogP contribution in [0.1, 0.15) is 62.4 Å². The molecule has 11 heteroatoms. The van der Waals surface area contributed by atoms with Crippen LogP contribution in [0.25, 0.3) is 0 Å². The maximum absolute atomic E-state index is 14.2. The molecule has 1 amide bonds. The van der Waals surface area contributed by atoms with E-state index in [1.54, 1.807) is 13.0 Å². The van der Waals surface area contributed by atoms with Gasteiger partial charge in [-0.1, -0.05) is 11.6 Å². The number of alkyl halides is 1. The van der Waals surface area contributed by atoms with Gasteiger partial charge < -0.3 is 26.2 Å². The largest absolute Gasteiger partial charge is 0.390 e. The number of halogens is 2. The fraction of sp³-hybridized carbons (Fsp3) is 0.500. The second-order valence-electron chi connectivity index (χ2n) is 9.65. The number of nitrogens with one attached hydrogen (secondary N) is 3. The van der Waals surface area contributed by atoms with Crippen LogP contribution in [0.15, 0.2) is 24.5 Å². The minimum absolute atomic E-state index is 0.0129. The monoisotopic (exact) mass is 504 g/mol. The van der Waals surface area contributed by atoms with E-state index in [-0.39, 0.29) is 23.2 Å². The van der Waals surface area contributed by atoms with Gasteiger partial charge in [0.2, 0.25) is 0 Å². The van der Waals surface area contributed by atoms with Crippen molar-refractivity contribution >= 4 is 34.8 Å². The van der Waals surface area contributed by atoms with E-state index in [1.165, 1.54) is 32.3 Å². The number of rotatable bonds is 8. The summed E-state index contributed by atoms with van der Waals surface area (Å²) in [5.41, 5.74) is -1.32. The Hall–Kier alpha value is -3.00. The number of hydrogen-bond acceptors (Lipinski definition) is 8. The highest BCUT2D eigenvalue weighted by atomic mass is 35.5. The SMILES string of the molecule is CC1(O)CCC(Nc2cc(Nc3ncc(C#N)cc3Cl)ncc2C(=O)NCC(F)C(C)(C)O)CC1. The summed E-state index contributed by atoms with van der Waals surface area (Å²) in [7, 11) is 0. The summed E-state index contributed by atoms with van der Waals surface area (Å²) < 4.78 is 14.2. The molecule has 9 nitrogen and oxygen atoms in total. The van der Waals surface area contributed by atoms with Gasteiger partial charge in [0.1, 0.15) is 23.9 Å². The maximum Gasteiger partial charge on any atom is 0.255 e. The van der Waals surface area contributed by atoms with Crippen LogP contribution in [0.4, 0.5) is 21.7 Å². The third-order valence-corrected chi connectivity index (χ3v) is 6.28. The van der Waals surface area contributed by atoms with Crippen LogP contribution in [0.2, 0.25) is 5.02 Å². The highest BCUT2D eigenvalue weighted by Crippen LogP contribution is 2.31. The van der Waals surface area contributed by atoms with Gasteiger partial charge in [0.15, 0.2) is 0 Å². The van der Waals surface area contributed by atoms with Crippen LogP contribution < -0.4 is 16.0 Å². The number of anilines is 3. The standard InChI is InChI=1S/C24H30ClFN6O3/c1-23(2,34)19(26)13-30-22(33)16-12-28-20(32-21-17(25)8-14(10-27)11-29-21)9-18(16)31-15-4-6-24(3,35)7-5-15/h8-9,11-12,15,19,34-35H,4-7,13H2,1-3H3,(H,30,33)(H2,28,29,31,32). The Morgan fingerprint density at radius 3 is 2.63 bits per heavy atom. The molecular formula is C24H30ClFN6O3. The first-order chi connectivity index (χ1) is 16.4. The van der Waals surface area contributed by atoms with Crippen molar-refractivity contribution in [3.63, 3.8) is 0 Å². The number of nitriles is 1. The van der Waals surface area contributed by atoms with E-state index in [0.29, 0.717) is 48.6 Å². The highest BCUT2D eigenvalue weighted by molar-refractivity contribution is 6.33. The van der Waals surface area contributed by atoms with Gasteiger partial charge >= 0.3 is 0 Å². The van der Waals surface area contributed by atoms with E-state index in [0.717, 1.165) is 0 Å². The van der Waals surface area contributed by atoms with Gasteiger partial charge in [-0.2, -0.15) is 5.26 Å². The van der Waals surface area contributed by atoms with Crippen molar-refractivity contribution in [3.05, 3.63) is 40.7 Å². The van der Waals surface area contributed by atoms with Crippen molar-refractivity contribution in [1.82, 2.24) is 15.3 Å². The molecule has 1 saturated carbocycles. The average molecular weight is 505 g/mol. The smallest absolute Gasteiger partial charge is 0.255 e. The summed E-state index contributed by atoms with van der Waals surface area (Å²) in [5.74, 6) is 0.0992. The Morgan fingerprint density at radius 2 is 2.03 bits per heavy atom. The normalized spacial score (nSPS) is 21.0. The number of amides is 1. The first-order valence-electron chi connectivity index (χ1n) is 11.3. The lowest BCUT2D eigenvalue weighted by Gasteiger charge is -2.34. The zero-order valence-corrected chi connectivity index (χ0v) is 20.7. The molecular weight excluding hydrogens is 475 g/mol. The minimum atomic E-state index is -1.65. The Labute approximate surface area is 208 Å². The Kier molecular flexibility index (Phi) is 8.15. The van der Waals surface area contributed by atoms with Crippen molar-refractivity contribution in [3.8, 4) is 6.07 Å². The Morgan fingerprint density at radius 1 is 1.34 bits per heavy atom. The summed E-state index contributed by atoms with van der Waals surface area (Å²) in [6, 6.07) is 5.08. The van der Waals surface area contributed by atoms with E-state index >= 15 is 0 Å². The van der Waals surface area contributed by atoms with Crippen LogP contribution >= 0.6 is 11.6 Å². The molecule has 2 aromatic rings. The maximum atomic E-state index is 14.2. The van der Waals surface area contributed by atoms with Crippen molar-refractivity contribution in [2.45, 2.75) is 69.9 Å². The number of pyridine rings is 2. The fourth-order valence-corrected chi connectivity index (χ4v) is 3.88. The molecule has 1 atom stereocenters. The highest BCUT2D eigenvalue weighted by Gasteiger charge is 2.30. The third kappa shape index (κ3) is 7.24. The molecule has 2 aromatic heterocycles. The summed E-state index contributed by atoms with van der Waals surface area (Å²) in [5, 5.41) is 38.1. The van der Waals surface area contributed by atoms with Crippen LogP contribution in [0.5, 0.6) is 0 Å². The molecule has 1 unspecified atom stereocenters. The lowest BCUT2D eigenvalue weighted by molar-refractivity contribution is -0.00178. The fourth-order valence-electron chi connectivity index (χ4n) is 3.67. The topological polar surface area (TPSA) is 143 Å². The molecule has 35 heavy (non-hydrogen) atoms. The number of aromatic nitrogens is 2. The molecule has 1 fully saturated rings. The van der Waals surface area contributed by atoms with Crippen molar-refractivity contribution in [2.24, 2.45) is 0 Å². The van der Waals surface area contributed by atoms with Crippen LogP contribution in [-0.2, 0) is 0 Å². The summed E-state index contributed by atoms with van der Waals surface area (Å²) in [6.45, 7) is 4.11. The second kappa shape index (κ2) is 10.7. The zero-order valence-electron chi connectivity index (χ0n) is 19.9. The predicted molar refractivity (Wildman–Crippen MR) is 132 cm³/mol. The third-order valence-electron chi connectivity index (χ3n) is 6.00. The molecule has 2 heterocycles. The predicted octanol–water partition coefficient (Wildman–Crippen LogP) is 3.69. The molecule has 5 N–H and O–H groups in total. The van der Waals surface area contributed by atoms with Crippen LogP contribution in [0.3, 0.4) is 0 Å². The van der Waals surface area contributed by atoms with Gasteiger partial charge in [-0.05, 0) is 52.5 Å². The number of nitrogens with zero attached hydrogens (tertiary/aromatic N) is 3. The van der Waals surface area contributed by atoms with Gasteiger partial charge in [0, 0.05) is 24.5 Å². The molecule has 188 valence electrons. The molecule has 0 aromatic carbocycles. The average Bonchev–Trinajstić information content (AvgIpc) is 2.79.